The number of carbonyl (C=O) groups is 1. The summed E-state index contributed by atoms with van der Waals surface area (Å²) in [6, 6.07) is 4.62. The van der Waals surface area contributed by atoms with Crippen LogP contribution in [-0.2, 0) is 14.8 Å². The van der Waals surface area contributed by atoms with E-state index < -0.39 is 15.6 Å². The Balaban J connectivity index is 2.81. The van der Waals surface area contributed by atoms with Crippen molar-refractivity contribution in [1.82, 2.24) is 10.0 Å². The van der Waals surface area contributed by atoms with Gasteiger partial charge >= 0.3 is 0 Å². The Bertz CT molecular complexity index is 604. The largest absolute Gasteiger partial charge is 0.399 e. The predicted octanol–water partition coefficient (Wildman–Crippen LogP) is 0.770. The van der Waals surface area contributed by atoms with E-state index in [-0.39, 0.29) is 17.3 Å². The minimum atomic E-state index is -3.75. The zero-order chi connectivity index (χ0) is 15.6. The molecule has 0 spiro atoms. The van der Waals surface area contributed by atoms with E-state index in [4.69, 9.17) is 5.73 Å². The summed E-state index contributed by atoms with van der Waals surface area (Å²) in [5.74, 6) is -0.386. The van der Waals surface area contributed by atoms with Gasteiger partial charge in [0.2, 0.25) is 15.9 Å². The SMILES string of the molecule is Cc1ccc(N)cc1S(=O)(=O)NCC(=O)NC(C)(C)C. The van der Waals surface area contributed by atoms with Gasteiger partial charge in [-0.15, -0.1) is 0 Å². The molecule has 1 aromatic carbocycles. The maximum absolute atomic E-state index is 12.1. The van der Waals surface area contributed by atoms with Gasteiger partial charge in [-0.05, 0) is 45.4 Å². The number of nitrogens with two attached hydrogens (primary N) is 1. The average Bonchev–Trinajstić information content (AvgIpc) is 2.27. The van der Waals surface area contributed by atoms with Crippen molar-refractivity contribution >= 4 is 21.6 Å². The van der Waals surface area contributed by atoms with Crippen molar-refractivity contribution in [2.75, 3.05) is 12.3 Å². The molecule has 0 saturated carbocycles. The first-order chi connectivity index (χ1) is 9.01. The van der Waals surface area contributed by atoms with Crippen molar-refractivity contribution in [2.24, 2.45) is 0 Å². The fourth-order valence-corrected chi connectivity index (χ4v) is 2.87. The van der Waals surface area contributed by atoms with Gasteiger partial charge in [0.15, 0.2) is 0 Å². The molecule has 0 heterocycles. The van der Waals surface area contributed by atoms with E-state index >= 15 is 0 Å². The highest BCUT2D eigenvalue weighted by atomic mass is 32.2. The van der Waals surface area contributed by atoms with Crippen LogP contribution in [0.15, 0.2) is 23.1 Å². The normalized spacial score (nSPS) is 12.2. The molecule has 4 N–H and O–H groups in total. The van der Waals surface area contributed by atoms with Gasteiger partial charge in [0.05, 0.1) is 11.4 Å². The van der Waals surface area contributed by atoms with Crippen molar-refractivity contribution in [1.29, 1.82) is 0 Å². The first kappa shape index (κ1) is 16.5. The summed E-state index contributed by atoms with van der Waals surface area (Å²) in [6.07, 6.45) is 0. The smallest absolute Gasteiger partial charge is 0.241 e. The number of sulfonamides is 1. The lowest BCUT2D eigenvalue weighted by molar-refractivity contribution is -0.121. The highest BCUT2D eigenvalue weighted by molar-refractivity contribution is 7.89. The Morgan fingerprint density at radius 3 is 2.45 bits per heavy atom. The maximum atomic E-state index is 12.1. The van der Waals surface area contributed by atoms with Crippen LogP contribution in [0.1, 0.15) is 26.3 Å². The average molecular weight is 299 g/mol. The second-order valence-electron chi connectivity index (χ2n) is 5.65. The van der Waals surface area contributed by atoms with Gasteiger partial charge in [-0.3, -0.25) is 4.79 Å². The van der Waals surface area contributed by atoms with E-state index in [1.54, 1.807) is 19.1 Å². The second-order valence-corrected chi connectivity index (χ2v) is 7.38. The molecular formula is C13H21N3O3S. The molecule has 0 aromatic heterocycles. The van der Waals surface area contributed by atoms with E-state index in [1.807, 2.05) is 20.8 Å². The number of nitrogens with one attached hydrogen (secondary N) is 2. The standard InChI is InChI=1S/C13H21N3O3S/c1-9-5-6-10(14)7-11(9)20(18,19)15-8-12(17)16-13(2,3)4/h5-7,15H,8,14H2,1-4H3,(H,16,17). The summed E-state index contributed by atoms with van der Waals surface area (Å²) in [4.78, 5) is 11.7. The van der Waals surface area contributed by atoms with Gasteiger partial charge in [-0.1, -0.05) is 6.07 Å². The third-order valence-corrected chi connectivity index (χ3v) is 3.98. The van der Waals surface area contributed by atoms with E-state index in [2.05, 4.69) is 10.0 Å². The van der Waals surface area contributed by atoms with Gasteiger partial charge < -0.3 is 11.1 Å². The first-order valence-electron chi connectivity index (χ1n) is 6.18. The van der Waals surface area contributed by atoms with E-state index in [9.17, 15) is 13.2 Å². The highest BCUT2D eigenvalue weighted by Crippen LogP contribution is 2.17. The molecule has 1 aromatic rings. The van der Waals surface area contributed by atoms with Gasteiger partial charge in [0.1, 0.15) is 0 Å². The number of hydrogen-bond donors (Lipinski definition) is 3. The van der Waals surface area contributed by atoms with Gasteiger partial charge in [0.25, 0.3) is 0 Å². The van der Waals surface area contributed by atoms with E-state index in [0.29, 0.717) is 11.3 Å². The third kappa shape index (κ3) is 4.82. The quantitative estimate of drug-likeness (QED) is 0.715. The Labute approximate surface area is 119 Å². The van der Waals surface area contributed by atoms with Crippen LogP contribution in [0.3, 0.4) is 0 Å². The molecule has 0 radical (unpaired) electrons. The fraction of sp³-hybridized carbons (Fsp3) is 0.462. The van der Waals surface area contributed by atoms with E-state index in [0.717, 1.165) is 0 Å². The zero-order valence-corrected chi connectivity index (χ0v) is 13.0. The van der Waals surface area contributed by atoms with E-state index in [1.165, 1.54) is 6.07 Å². The molecule has 0 saturated heterocycles. The van der Waals surface area contributed by atoms with Crippen molar-refractivity contribution in [2.45, 2.75) is 38.1 Å². The molecule has 0 unspecified atom stereocenters. The van der Waals surface area contributed by atoms with Crippen molar-refractivity contribution < 1.29 is 13.2 Å². The molecule has 1 amide bonds. The van der Waals surface area contributed by atoms with Crippen LogP contribution in [0.25, 0.3) is 0 Å². The number of hydrogen-bond acceptors (Lipinski definition) is 4. The van der Waals surface area contributed by atoms with Crippen molar-refractivity contribution in [3.8, 4) is 0 Å². The topological polar surface area (TPSA) is 101 Å². The van der Waals surface area contributed by atoms with Crippen molar-refractivity contribution in [3.63, 3.8) is 0 Å². The maximum Gasteiger partial charge on any atom is 0.241 e. The highest BCUT2D eigenvalue weighted by Gasteiger charge is 2.20. The number of nitrogen functional groups attached to an aromatic ring is 1. The van der Waals surface area contributed by atoms with Crippen LogP contribution in [0, 0.1) is 6.92 Å². The molecule has 0 aliphatic carbocycles. The summed E-state index contributed by atoms with van der Waals surface area (Å²) in [5.41, 5.74) is 6.11. The third-order valence-electron chi connectivity index (χ3n) is 2.44. The fourth-order valence-electron chi connectivity index (χ4n) is 1.61. The molecule has 20 heavy (non-hydrogen) atoms. The van der Waals surface area contributed by atoms with Gasteiger partial charge in [-0.25, -0.2) is 13.1 Å². The minimum absolute atomic E-state index is 0.0843. The lowest BCUT2D eigenvalue weighted by Crippen LogP contribution is -2.45. The van der Waals surface area contributed by atoms with Crippen LogP contribution >= 0.6 is 0 Å². The molecule has 1 rings (SSSR count). The zero-order valence-electron chi connectivity index (χ0n) is 12.1. The van der Waals surface area contributed by atoms with Gasteiger partial charge in [0, 0.05) is 11.2 Å². The summed E-state index contributed by atoms with van der Waals surface area (Å²) in [6.45, 7) is 6.82. The minimum Gasteiger partial charge on any atom is -0.399 e. The Hall–Kier alpha value is -1.60. The van der Waals surface area contributed by atoms with Crippen molar-refractivity contribution in [3.05, 3.63) is 23.8 Å². The predicted molar refractivity (Wildman–Crippen MR) is 78.7 cm³/mol. The Morgan fingerprint density at radius 2 is 1.90 bits per heavy atom. The number of anilines is 1. The van der Waals surface area contributed by atoms with Crippen LogP contribution in [0.5, 0.6) is 0 Å². The number of rotatable bonds is 4. The molecular weight excluding hydrogens is 278 g/mol. The number of carbonyl (C=O) groups excluding carboxylic acids is 1. The molecule has 0 aliphatic heterocycles. The lowest BCUT2D eigenvalue weighted by atomic mass is 10.1. The Kier molecular flexibility index (Phi) is 4.77. The second kappa shape index (κ2) is 5.80. The monoisotopic (exact) mass is 299 g/mol. The number of amides is 1. The first-order valence-corrected chi connectivity index (χ1v) is 7.66. The molecule has 0 fully saturated rings. The number of aryl methyl sites for hydroxylation is 1. The molecule has 6 nitrogen and oxygen atoms in total. The van der Waals surface area contributed by atoms with Crippen LogP contribution < -0.4 is 15.8 Å². The van der Waals surface area contributed by atoms with Crippen LogP contribution in [0.2, 0.25) is 0 Å². The van der Waals surface area contributed by atoms with Crippen LogP contribution in [0.4, 0.5) is 5.69 Å². The molecule has 112 valence electrons. The number of benzene rings is 1. The lowest BCUT2D eigenvalue weighted by Gasteiger charge is -2.20. The molecule has 0 atom stereocenters. The molecule has 7 heteroatoms. The summed E-state index contributed by atoms with van der Waals surface area (Å²) in [5, 5.41) is 2.68. The molecule has 0 bridgehead atoms. The summed E-state index contributed by atoms with van der Waals surface area (Å²) in [7, 11) is -3.75. The van der Waals surface area contributed by atoms with Gasteiger partial charge in [-0.2, -0.15) is 0 Å². The molecule has 0 aliphatic rings. The summed E-state index contributed by atoms with van der Waals surface area (Å²) >= 11 is 0. The van der Waals surface area contributed by atoms with Crippen LogP contribution in [-0.4, -0.2) is 26.4 Å². The Morgan fingerprint density at radius 1 is 1.30 bits per heavy atom. The summed E-state index contributed by atoms with van der Waals surface area (Å²) < 4.78 is 26.5.